The predicted molar refractivity (Wildman–Crippen MR) is 61.4 cm³/mol. The van der Waals surface area contributed by atoms with Gasteiger partial charge in [0.1, 0.15) is 0 Å². The molecule has 1 heterocycles. The molecular weight excluding hydrogens is 222 g/mol. The lowest BCUT2D eigenvalue weighted by atomic mass is 9.86. The van der Waals surface area contributed by atoms with Gasteiger partial charge in [-0.05, 0) is 31.5 Å². The Kier molecular flexibility index (Phi) is 4.30. The van der Waals surface area contributed by atoms with Gasteiger partial charge in [-0.3, -0.25) is 9.78 Å². The summed E-state index contributed by atoms with van der Waals surface area (Å²) in [5.41, 5.74) is 9.23. The highest BCUT2D eigenvalue weighted by atomic mass is 16.4. The first kappa shape index (κ1) is 13.3. The zero-order chi connectivity index (χ0) is 12.9. The average molecular weight is 237 g/mol. The minimum atomic E-state index is -1.93. The van der Waals surface area contributed by atoms with Crippen LogP contribution in [0.25, 0.3) is 0 Å². The van der Waals surface area contributed by atoms with E-state index in [2.05, 4.69) is 4.98 Å². The van der Waals surface area contributed by atoms with Gasteiger partial charge >= 0.3 is 5.97 Å². The molecule has 92 valence electrons. The first-order valence-corrected chi connectivity index (χ1v) is 5.19. The fraction of sp³-hybridized carbons (Fsp3) is 0.364. The third kappa shape index (κ3) is 2.86. The Bertz CT molecular complexity index is 408. The number of hydrogen-bond donors (Lipinski definition) is 3. The number of aromatic nitrogens is 1. The van der Waals surface area contributed by atoms with E-state index in [-0.39, 0.29) is 18.5 Å². The van der Waals surface area contributed by atoms with E-state index in [9.17, 15) is 9.59 Å². The van der Waals surface area contributed by atoms with E-state index in [1.165, 1.54) is 18.5 Å². The number of Topliss-reactive ketones (excluding diaryl/α,β-unsaturated/α-hetero) is 1. The molecule has 1 atom stereocenters. The Balaban J connectivity index is 2.99. The van der Waals surface area contributed by atoms with Gasteiger partial charge in [-0.2, -0.15) is 0 Å². The number of rotatable bonds is 6. The molecule has 0 aliphatic heterocycles. The Morgan fingerprint density at radius 2 is 2.18 bits per heavy atom. The van der Waals surface area contributed by atoms with Crippen molar-refractivity contribution in [3.05, 3.63) is 30.1 Å². The number of carboxylic acids is 1. The van der Waals surface area contributed by atoms with Gasteiger partial charge in [0.2, 0.25) is 0 Å². The van der Waals surface area contributed by atoms with E-state index in [4.69, 9.17) is 16.6 Å². The second kappa shape index (κ2) is 5.51. The number of pyridine rings is 1. The number of nitrogens with zero attached hydrogens (tertiary/aromatic N) is 1. The van der Waals surface area contributed by atoms with Crippen molar-refractivity contribution in [1.82, 2.24) is 4.98 Å². The van der Waals surface area contributed by atoms with Crippen LogP contribution in [0.3, 0.4) is 0 Å². The number of ketones is 1. The summed E-state index contributed by atoms with van der Waals surface area (Å²) < 4.78 is 0. The monoisotopic (exact) mass is 237 g/mol. The van der Waals surface area contributed by atoms with Crippen LogP contribution in [0.2, 0.25) is 0 Å². The Hall–Kier alpha value is -1.79. The van der Waals surface area contributed by atoms with Crippen LogP contribution in [0.1, 0.15) is 23.2 Å². The third-order valence-electron chi connectivity index (χ3n) is 2.49. The van der Waals surface area contributed by atoms with E-state index in [0.29, 0.717) is 6.42 Å². The summed E-state index contributed by atoms with van der Waals surface area (Å²) in [6, 6.07) is 3.04. The quantitative estimate of drug-likeness (QED) is 0.465. The molecule has 0 aliphatic rings. The van der Waals surface area contributed by atoms with Crippen LogP contribution < -0.4 is 11.5 Å². The molecule has 0 amide bonds. The zero-order valence-electron chi connectivity index (χ0n) is 9.30. The molecule has 5 N–H and O–H groups in total. The van der Waals surface area contributed by atoms with E-state index < -0.39 is 17.3 Å². The second-order valence-electron chi connectivity index (χ2n) is 3.74. The maximum absolute atomic E-state index is 12.0. The van der Waals surface area contributed by atoms with Crippen LogP contribution in [-0.4, -0.2) is 33.9 Å². The van der Waals surface area contributed by atoms with E-state index in [1.54, 1.807) is 6.07 Å². The number of carboxylic acid groups (broad SMARTS) is 1. The summed E-state index contributed by atoms with van der Waals surface area (Å²) in [5, 5.41) is 9.08. The molecule has 17 heavy (non-hydrogen) atoms. The zero-order valence-corrected chi connectivity index (χ0v) is 9.30. The van der Waals surface area contributed by atoms with Crippen molar-refractivity contribution in [1.29, 1.82) is 0 Å². The van der Waals surface area contributed by atoms with E-state index in [0.717, 1.165) is 0 Å². The molecular formula is C11H15N3O3. The SMILES string of the molecule is NCCC[C@](N)(C(=O)O)C(=O)c1cccnc1. The molecule has 0 saturated heterocycles. The maximum atomic E-state index is 12.0. The van der Waals surface area contributed by atoms with Gasteiger partial charge in [0.15, 0.2) is 11.3 Å². The van der Waals surface area contributed by atoms with Gasteiger partial charge in [-0.15, -0.1) is 0 Å². The molecule has 0 unspecified atom stereocenters. The Morgan fingerprint density at radius 3 is 2.65 bits per heavy atom. The van der Waals surface area contributed by atoms with Crippen molar-refractivity contribution in [3.63, 3.8) is 0 Å². The highest BCUT2D eigenvalue weighted by molar-refractivity contribution is 6.15. The van der Waals surface area contributed by atoms with Gasteiger partial charge < -0.3 is 16.6 Å². The fourth-order valence-electron chi connectivity index (χ4n) is 1.45. The molecule has 0 bridgehead atoms. The van der Waals surface area contributed by atoms with Gasteiger partial charge in [0, 0.05) is 18.0 Å². The topological polar surface area (TPSA) is 119 Å². The summed E-state index contributed by atoms with van der Waals surface area (Å²) in [6.07, 6.45) is 3.17. The lowest BCUT2D eigenvalue weighted by molar-refractivity contribution is -0.141. The van der Waals surface area contributed by atoms with Crippen molar-refractivity contribution in [2.24, 2.45) is 11.5 Å². The van der Waals surface area contributed by atoms with Crippen LogP contribution in [-0.2, 0) is 4.79 Å². The maximum Gasteiger partial charge on any atom is 0.331 e. The van der Waals surface area contributed by atoms with Crippen LogP contribution in [0.5, 0.6) is 0 Å². The van der Waals surface area contributed by atoms with Gasteiger partial charge in [-0.1, -0.05) is 0 Å². The van der Waals surface area contributed by atoms with Crippen molar-refractivity contribution >= 4 is 11.8 Å². The highest BCUT2D eigenvalue weighted by Crippen LogP contribution is 2.16. The highest BCUT2D eigenvalue weighted by Gasteiger charge is 2.41. The standard InChI is InChI=1S/C11H15N3O3/c12-5-2-4-11(13,10(16)17)9(15)8-3-1-6-14-7-8/h1,3,6-7H,2,4-5,12-13H2,(H,16,17)/t11-/m1/s1. The van der Waals surface area contributed by atoms with E-state index in [1.807, 2.05) is 0 Å². The second-order valence-corrected chi connectivity index (χ2v) is 3.74. The summed E-state index contributed by atoms with van der Waals surface area (Å²) >= 11 is 0. The molecule has 0 aromatic carbocycles. The molecule has 1 aromatic heterocycles. The fourth-order valence-corrected chi connectivity index (χ4v) is 1.45. The van der Waals surface area contributed by atoms with Crippen molar-refractivity contribution < 1.29 is 14.7 Å². The number of carbonyl (C=O) groups excluding carboxylic acids is 1. The molecule has 6 heteroatoms. The molecule has 6 nitrogen and oxygen atoms in total. The lowest BCUT2D eigenvalue weighted by Gasteiger charge is -2.22. The van der Waals surface area contributed by atoms with Crippen LogP contribution in [0.4, 0.5) is 0 Å². The summed E-state index contributed by atoms with van der Waals surface area (Å²) in [6.45, 7) is 0.284. The van der Waals surface area contributed by atoms with Crippen LogP contribution >= 0.6 is 0 Å². The van der Waals surface area contributed by atoms with Crippen molar-refractivity contribution in [2.45, 2.75) is 18.4 Å². The Labute approximate surface area is 98.6 Å². The number of hydrogen-bond acceptors (Lipinski definition) is 5. The molecule has 0 spiro atoms. The van der Waals surface area contributed by atoms with Gasteiger partial charge in [-0.25, -0.2) is 4.79 Å². The summed E-state index contributed by atoms with van der Waals surface area (Å²) in [5.74, 6) is -1.99. The molecule has 0 saturated carbocycles. The molecule has 0 fully saturated rings. The van der Waals surface area contributed by atoms with Crippen LogP contribution in [0.15, 0.2) is 24.5 Å². The largest absolute Gasteiger partial charge is 0.480 e. The number of nitrogens with two attached hydrogens (primary N) is 2. The summed E-state index contributed by atoms with van der Waals surface area (Å²) in [4.78, 5) is 26.9. The normalized spacial score (nSPS) is 14.0. The van der Waals surface area contributed by atoms with Crippen molar-refractivity contribution in [2.75, 3.05) is 6.54 Å². The molecule has 0 aliphatic carbocycles. The van der Waals surface area contributed by atoms with Gasteiger partial charge in [0.05, 0.1) is 0 Å². The van der Waals surface area contributed by atoms with Crippen molar-refractivity contribution in [3.8, 4) is 0 Å². The molecule has 1 aromatic rings. The molecule has 0 radical (unpaired) electrons. The van der Waals surface area contributed by atoms with Gasteiger partial charge in [0.25, 0.3) is 0 Å². The summed E-state index contributed by atoms with van der Waals surface area (Å²) in [7, 11) is 0. The minimum Gasteiger partial charge on any atom is -0.480 e. The smallest absolute Gasteiger partial charge is 0.331 e. The molecule has 1 rings (SSSR count). The number of carbonyl (C=O) groups is 2. The number of aliphatic carboxylic acids is 1. The first-order chi connectivity index (χ1) is 8.02. The third-order valence-corrected chi connectivity index (χ3v) is 2.49. The predicted octanol–water partition coefficient (Wildman–Crippen LogP) is -0.215. The first-order valence-electron chi connectivity index (χ1n) is 5.19. The Morgan fingerprint density at radius 1 is 1.47 bits per heavy atom. The minimum absolute atomic E-state index is 0.00651. The van der Waals surface area contributed by atoms with E-state index >= 15 is 0 Å². The lowest BCUT2D eigenvalue weighted by Crippen LogP contribution is -2.55. The van der Waals surface area contributed by atoms with Crippen LogP contribution in [0, 0.1) is 0 Å². The average Bonchev–Trinajstić information content (AvgIpc) is 2.35.